The highest BCUT2D eigenvalue weighted by Crippen LogP contribution is 2.45. The molecule has 3 aromatic rings. The van der Waals surface area contributed by atoms with Crippen molar-refractivity contribution in [3.05, 3.63) is 57.7 Å². The summed E-state index contributed by atoms with van der Waals surface area (Å²) in [6.07, 6.45) is 0.921. The molecule has 132 valence electrons. The molecule has 0 saturated heterocycles. The second kappa shape index (κ2) is 5.34. The summed E-state index contributed by atoms with van der Waals surface area (Å²) in [7, 11) is 3.54. The number of carbonyl (C=O) groups is 1. The highest BCUT2D eigenvalue weighted by molar-refractivity contribution is 9.10. The molecule has 5 rings (SSSR count). The lowest BCUT2D eigenvalue weighted by Crippen LogP contribution is -2.99. The summed E-state index contributed by atoms with van der Waals surface area (Å²) < 4.78 is 6.39. The van der Waals surface area contributed by atoms with Gasteiger partial charge in [0.2, 0.25) is 5.54 Å². The lowest BCUT2D eigenvalue weighted by atomic mass is 9.82. The molecule has 0 radical (unpaired) electrons. The second-order valence-electron chi connectivity index (χ2n) is 6.97. The van der Waals surface area contributed by atoms with Crippen molar-refractivity contribution in [2.24, 2.45) is 0 Å². The summed E-state index contributed by atoms with van der Waals surface area (Å²) in [5.74, 6) is 0.936. The standard InChI is InChI=1S/C20H18BrN3O2/c1-24-17-6-3-11(21)9-15(17)20(19(24)25)18-13(7-8-22-20)14-10-12(26-2)4-5-16(14)23-18/h3-6,9-10,22-23H,7-8H2,1-2H3/p+1/t20-/m1/s1. The Balaban J connectivity index is 1.84. The molecule has 3 N–H and O–H groups in total. The third kappa shape index (κ3) is 1.86. The average molecular weight is 413 g/mol. The van der Waals surface area contributed by atoms with Crippen LogP contribution in [0.5, 0.6) is 5.75 Å². The van der Waals surface area contributed by atoms with Crippen LogP contribution in [0.2, 0.25) is 0 Å². The first-order valence-electron chi connectivity index (χ1n) is 8.68. The number of hydrogen-bond donors (Lipinski definition) is 2. The lowest BCUT2D eigenvalue weighted by Gasteiger charge is -2.30. The van der Waals surface area contributed by atoms with Gasteiger partial charge in [-0.2, -0.15) is 0 Å². The van der Waals surface area contributed by atoms with Gasteiger partial charge >= 0.3 is 0 Å². The topological polar surface area (TPSA) is 61.9 Å². The summed E-state index contributed by atoms with van der Waals surface area (Å²) in [6.45, 7) is 0.864. The number of fused-ring (bicyclic) bond motifs is 6. The van der Waals surface area contributed by atoms with Gasteiger partial charge < -0.3 is 19.9 Å². The minimum Gasteiger partial charge on any atom is -0.497 e. The van der Waals surface area contributed by atoms with Gasteiger partial charge in [0, 0.05) is 28.8 Å². The number of rotatable bonds is 1. The van der Waals surface area contributed by atoms with Gasteiger partial charge in [0.1, 0.15) is 5.75 Å². The van der Waals surface area contributed by atoms with Crippen molar-refractivity contribution in [2.45, 2.75) is 12.0 Å². The fourth-order valence-electron chi connectivity index (χ4n) is 4.53. The number of likely N-dealkylation sites (N-methyl/N-ethyl adjacent to an activating group) is 1. The van der Waals surface area contributed by atoms with E-state index in [2.05, 4.69) is 38.4 Å². The van der Waals surface area contributed by atoms with Crippen molar-refractivity contribution in [1.82, 2.24) is 4.98 Å². The van der Waals surface area contributed by atoms with Crippen LogP contribution in [0.4, 0.5) is 5.69 Å². The van der Waals surface area contributed by atoms with Crippen molar-refractivity contribution in [3.8, 4) is 5.75 Å². The maximum absolute atomic E-state index is 13.4. The predicted octanol–water partition coefficient (Wildman–Crippen LogP) is 2.28. The van der Waals surface area contributed by atoms with E-state index in [4.69, 9.17) is 4.74 Å². The van der Waals surface area contributed by atoms with Crippen LogP contribution in [0.25, 0.3) is 10.9 Å². The molecule has 0 saturated carbocycles. The molecule has 0 fully saturated rings. The fraction of sp³-hybridized carbons (Fsp3) is 0.250. The number of benzene rings is 2. The molecule has 3 heterocycles. The van der Waals surface area contributed by atoms with Crippen molar-refractivity contribution < 1.29 is 14.8 Å². The van der Waals surface area contributed by atoms with Gasteiger partial charge in [-0.05, 0) is 42.0 Å². The molecule has 1 spiro atoms. The molecule has 0 unspecified atom stereocenters. The Morgan fingerprint density at radius 3 is 2.92 bits per heavy atom. The van der Waals surface area contributed by atoms with Gasteiger partial charge in [-0.3, -0.25) is 4.79 Å². The number of H-pyrrole nitrogens is 1. The molecule has 2 aliphatic rings. The van der Waals surface area contributed by atoms with Crippen molar-refractivity contribution in [3.63, 3.8) is 0 Å². The maximum Gasteiger partial charge on any atom is 0.299 e. The molecule has 2 aliphatic heterocycles. The van der Waals surface area contributed by atoms with Crippen molar-refractivity contribution in [2.75, 3.05) is 25.6 Å². The third-order valence-electron chi connectivity index (χ3n) is 5.74. The Labute approximate surface area is 159 Å². The quantitative estimate of drug-likeness (QED) is 0.643. The number of halogens is 1. The van der Waals surface area contributed by atoms with Crippen LogP contribution < -0.4 is 15.0 Å². The Hall–Kier alpha value is -2.31. The summed E-state index contributed by atoms with van der Waals surface area (Å²) in [5.41, 5.74) is 4.53. The monoisotopic (exact) mass is 412 g/mol. The van der Waals surface area contributed by atoms with Gasteiger partial charge in [-0.25, -0.2) is 0 Å². The lowest BCUT2D eigenvalue weighted by molar-refractivity contribution is -0.714. The van der Waals surface area contributed by atoms with E-state index in [1.165, 1.54) is 5.56 Å². The van der Waals surface area contributed by atoms with Gasteiger partial charge in [0.25, 0.3) is 5.91 Å². The largest absolute Gasteiger partial charge is 0.497 e. The van der Waals surface area contributed by atoms with E-state index < -0.39 is 5.54 Å². The number of aromatic nitrogens is 1. The van der Waals surface area contributed by atoms with Crippen molar-refractivity contribution >= 4 is 38.4 Å². The molecule has 1 aromatic heterocycles. The number of nitrogens with two attached hydrogens (primary N) is 1. The Kier molecular flexibility index (Phi) is 3.27. The van der Waals surface area contributed by atoms with Crippen LogP contribution >= 0.6 is 15.9 Å². The average Bonchev–Trinajstić information content (AvgIpc) is 3.12. The smallest absolute Gasteiger partial charge is 0.299 e. The van der Waals surface area contributed by atoms with Crippen LogP contribution in [-0.2, 0) is 16.8 Å². The molecule has 1 atom stereocenters. The number of hydrogen-bond acceptors (Lipinski definition) is 2. The molecule has 26 heavy (non-hydrogen) atoms. The minimum atomic E-state index is -0.742. The predicted molar refractivity (Wildman–Crippen MR) is 104 cm³/mol. The van der Waals surface area contributed by atoms with E-state index in [0.717, 1.165) is 51.0 Å². The molecule has 1 amide bonds. The molecule has 6 heteroatoms. The van der Waals surface area contributed by atoms with E-state index in [9.17, 15) is 4.79 Å². The number of quaternary nitrogens is 1. The van der Waals surface area contributed by atoms with Crippen LogP contribution in [0.15, 0.2) is 40.9 Å². The number of aromatic amines is 1. The van der Waals surface area contributed by atoms with E-state index in [-0.39, 0.29) is 5.91 Å². The van der Waals surface area contributed by atoms with Gasteiger partial charge in [0.05, 0.1) is 30.6 Å². The zero-order valence-corrected chi connectivity index (χ0v) is 16.2. The van der Waals surface area contributed by atoms with E-state index in [0.29, 0.717) is 0 Å². The van der Waals surface area contributed by atoms with Crippen molar-refractivity contribution in [1.29, 1.82) is 0 Å². The summed E-state index contributed by atoms with van der Waals surface area (Å²) >= 11 is 3.58. The van der Waals surface area contributed by atoms with E-state index in [1.54, 1.807) is 12.0 Å². The number of ether oxygens (including phenoxy) is 1. The number of methoxy groups -OCH3 is 1. The minimum absolute atomic E-state index is 0.102. The number of carbonyl (C=O) groups excluding carboxylic acids is 1. The first-order chi connectivity index (χ1) is 12.6. The van der Waals surface area contributed by atoms with Crippen LogP contribution in [0, 0.1) is 0 Å². The molecular weight excluding hydrogens is 394 g/mol. The molecule has 0 bridgehead atoms. The van der Waals surface area contributed by atoms with E-state index >= 15 is 0 Å². The zero-order chi connectivity index (χ0) is 18.1. The highest BCUT2D eigenvalue weighted by Gasteiger charge is 2.58. The zero-order valence-electron chi connectivity index (χ0n) is 14.6. The third-order valence-corrected chi connectivity index (χ3v) is 6.23. The summed E-state index contributed by atoms with van der Waals surface area (Å²) in [4.78, 5) is 18.8. The first-order valence-corrected chi connectivity index (χ1v) is 9.47. The van der Waals surface area contributed by atoms with Gasteiger partial charge in [0.15, 0.2) is 0 Å². The second-order valence-corrected chi connectivity index (χ2v) is 7.88. The Morgan fingerprint density at radius 2 is 2.12 bits per heavy atom. The van der Waals surface area contributed by atoms with Crippen LogP contribution in [0.1, 0.15) is 16.8 Å². The maximum atomic E-state index is 13.4. The van der Waals surface area contributed by atoms with Gasteiger partial charge in [-0.15, -0.1) is 0 Å². The fourth-order valence-corrected chi connectivity index (χ4v) is 4.89. The summed E-state index contributed by atoms with van der Waals surface area (Å²) in [5, 5.41) is 3.32. The number of nitrogens with zero attached hydrogens (tertiary/aromatic N) is 1. The highest BCUT2D eigenvalue weighted by atomic mass is 79.9. The number of anilines is 1. The summed E-state index contributed by atoms with van der Waals surface area (Å²) in [6, 6.07) is 12.1. The molecule has 5 nitrogen and oxygen atoms in total. The van der Waals surface area contributed by atoms with Gasteiger partial charge in [-0.1, -0.05) is 15.9 Å². The van der Waals surface area contributed by atoms with Crippen LogP contribution in [-0.4, -0.2) is 31.6 Å². The van der Waals surface area contributed by atoms with E-state index in [1.807, 2.05) is 31.3 Å². The molecule has 0 aliphatic carbocycles. The molecule has 2 aromatic carbocycles. The Morgan fingerprint density at radius 1 is 1.27 bits per heavy atom. The molecular formula is C20H19BrN3O2+. The number of amides is 1. The van der Waals surface area contributed by atoms with Crippen LogP contribution in [0.3, 0.4) is 0 Å². The normalized spacial score (nSPS) is 21.3. The number of nitrogens with one attached hydrogen (secondary N) is 1. The SMILES string of the molecule is COc1ccc2[nH]c3c(c2c1)CC[NH2+][C@@]31C(=O)N(C)c2ccc(Br)cc21. The Bertz CT molecular complexity index is 1070. The first kappa shape index (κ1) is 15.9.